The van der Waals surface area contributed by atoms with Crippen molar-refractivity contribution < 1.29 is 0 Å². The van der Waals surface area contributed by atoms with Gasteiger partial charge in [0.25, 0.3) is 0 Å². The molecule has 132 valence electrons. The predicted molar refractivity (Wildman–Crippen MR) is 109 cm³/mol. The number of halogens is 2. The molecule has 2 heterocycles. The largest absolute Gasteiger partial charge is 0.357 e. The lowest BCUT2D eigenvalue weighted by Gasteiger charge is -2.11. The molecule has 0 spiro atoms. The molecule has 0 radical (unpaired) electrons. The number of hydrogen-bond donors (Lipinski definition) is 2. The summed E-state index contributed by atoms with van der Waals surface area (Å²) >= 11 is 5.79. The van der Waals surface area contributed by atoms with Crippen LogP contribution in [0.1, 0.15) is 29.4 Å². The van der Waals surface area contributed by atoms with E-state index in [0.29, 0.717) is 18.2 Å². The van der Waals surface area contributed by atoms with Crippen molar-refractivity contribution in [2.45, 2.75) is 33.9 Å². The minimum atomic E-state index is 0. The fourth-order valence-corrected chi connectivity index (χ4v) is 2.37. The minimum absolute atomic E-state index is 0. The van der Waals surface area contributed by atoms with Crippen LogP contribution in [0, 0.1) is 13.8 Å². The van der Waals surface area contributed by atoms with Gasteiger partial charge in [0, 0.05) is 37.6 Å². The predicted octanol–water partition coefficient (Wildman–Crippen LogP) is 2.96. The number of aromatic nitrogens is 3. The SMILES string of the molecule is CCNC(=NCc1ccc(Cl)nc1)NCc1c(C)nn(C)c1C.I. The van der Waals surface area contributed by atoms with E-state index < -0.39 is 0 Å². The van der Waals surface area contributed by atoms with Gasteiger partial charge < -0.3 is 10.6 Å². The van der Waals surface area contributed by atoms with Gasteiger partial charge in [-0.1, -0.05) is 17.7 Å². The highest BCUT2D eigenvalue weighted by molar-refractivity contribution is 14.0. The average Bonchev–Trinajstić information content (AvgIpc) is 2.77. The molecule has 8 heteroatoms. The summed E-state index contributed by atoms with van der Waals surface area (Å²) < 4.78 is 1.90. The van der Waals surface area contributed by atoms with Crippen LogP contribution in [0.15, 0.2) is 23.3 Å². The number of aryl methyl sites for hydroxylation is 2. The molecule has 0 unspecified atom stereocenters. The molecule has 0 aliphatic rings. The van der Waals surface area contributed by atoms with E-state index in [1.807, 2.05) is 31.6 Å². The molecule has 2 aromatic rings. The maximum absolute atomic E-state index is 5.79. The van der Waals surface area contributed by atoms with Crippen molar-refractivity contribution in [3.63, 3.8) is 0 Å². The molecule has 0 aliphatic heterocycles. The molecule has 0 atom stereocenters. The van der Waals surface area contributed by atoms with Gasteiger partial charge in [0.1, 0.15) is 5.15 Å². The van der Waals surface area contributed by atoms with E-state index in [9.17, 15) is 0 Å². The first-order chi connectivity index (χ1) is 11.0. The van der Waals surface area contributed by atoms with Gasteiger partial charge in [-0.25, -0.2) is 9.98 Å². The van der Waals surface area contributed by atoms with Crippen molar-refractivity contribution in [2.24, 2.45) is 12.0 Å². The highest BCUT2D eigenvalue weighted by atomic mass is 127. The summed E-state index contributed by atoms with van der Waals surface area (Å²) in [4.78, 5) is 8.65. The Morgan fingerprint density at radius 2 is 2.04 bits per heavy atom. The van der Waals surface area contributed by atoms with Gasteiger partial charge in [-0.2, -0.15) is 5.10 Å². The summed E-state index contributed by atoms with van der Waals surface area (Å²) in [6.07, 6.45) is 1.74. The van der Waals surface area contributed by atoms with E-state index in [4.69, 9.17) is 11.6 Å². The summed E-state index contributed by atoms with van der Waals surface area (Å²) in [7, 11) is 1.96. The van der Waals surface area contributed by atoms with Crippen LogP contribution in [-0.4, -0.2) is 27.3 Å². The first-order valence-corrected chi connectivity index (χ1v) is 8.00. The van der Waals surface area contributed by atoms with Crippen molar-refractivity contribution in [3.05, 3.63) is 46.0 Å². The maximum atomic E-state index is 5.79. The van der Waals surface area contributed by atoms with Crippen LogP contribution >= 0.6 is 35.6 Å². The number of nitrogens with zero attached hydrogens (tertiary/aromatic N) is 4. The third-order valence-electron chi connectivity index (χ3n) is 3.64. The van der Waals surface area contributed by atoms with Crippen LogP contribution in [0.25, 0.3) is 0 Å². The monoisotopic (exact) mass is 462 g/mol. The second kappa shape index (κ2) is 9.83. The van der Waals surface area contributed by atoms with E-state index >= 15 is 0 Å². The Morgan fingerprint density at radius 3 is 2.58 bits per heavy atom. The summed E-state index contributed by atoms with van der Waals surface area (Å²) in [5.74, 6) is 0.769. The molecule has 0 saturated heterocycles. The third-order valence-corrected chi connectivity index (χ3v) is 3.87. The highest BCUT2D eigenvalue weighted by Crippen LogP contribution is 2.11. The molecule has 0 aliphatic carbocycles. The van der Waals surface area contributed by atoms with E-state index in [-0.39, 0.29) is 24.0 Å². The number of hydrogen-bond acceptors (Lipinski definition) is 3. The normalized spacial score (nSPS) is 11.1. The van der Waals surface area contributed by atoms with Crippen LogP contribution < -0.4 is 10.6 Å². The van der Waals surface area contributed by atoms with Crippen LogP contribution in [0.4, 0.5) is 0 Å². The smallest absolute Gasteiger partial charge is 0.191 e. The molecule has 6 nitrogen and oxygen atoms in total. The third kappa shape index (κ3) is 5.62. The highest BCUT2D eigenvalue weighted by Gasteiger charge is 2.09. The van der Waals surface area contributed by atoms with Gasteiger partial charge in [-0.3, -0.25) is 4.68 Å². The second-order valence-electron chi connectivity index (χ2n) is 5.31. The van der Waals surface area contributed by atoms with E-state index in [0.717, 1.165) is 29.5 Å². The van der Waals surface area contributed by atoms with Gasteiger partial charge in [0.15, 0.2) is 5.96 Å². The van der Waals surface area contributed by atoms with Gasteiger partial charge in [-0.15, -0.1) is 24.0 Å². The van der Waals surface area contributed by atoms with Crippen molar-refractivity contribution in [3.8, 4) is 0 Å². The van der Waals surface area contributed by atoms with Crippen LogP contribution in [-0.2, 0) is 20.1 Å². The number of aliphatic imine (C=N–C) groups is 1. The lowest BCUT2D eigenvalue weighted by Crippen LogP contribution is -2.37. The maximum Gasteiger partial charge on any atom is 0.191 e. The Hall–Kier alpha value is -1.35. The van der Waals surface area contributed by atoms with Crippen LogP contribution in [0.3, 0.4) is 0 Å². The molecule has 0 saturated carbocycles. The lowest BCUT2D eigenvalue weighted by atomic mass is 10.2. The van der Waals surface area contributed by atoms with Gasteiger partial charge in [0.05, 0.1) is 12.2 Å². The van der Waals surface area contributed by atoms with Gasteiger partial charge in [0.2, 0.25) is 0 Å². The second-order valence-corrected chi connectivity index (χ2v) is 5.70. The first kappa shape index (κ1) is 20.7. The summed E-state index contributed by atoms with van der Waals surface area (Å²) in [5.41, 5.74) is 4.41. The molecule has 0 aromatic carbocycles. The summed E-state index contributed by atoms with van der Waals surface area (Å²) in [5, 5.41) is 11.5. The average molecular weight is 463 g/mol. The molecule has 2 N–H and O–H groups in total. The van der Waals surface area contributed by atoms with Crippen molar-refractivity contribution in [2.75, 3.05) is 6.54 Å². The Labute approximate surface area is 165 Å². The number of guanidine groups is 1. The van der Waals surface area contributed by atoms with E-state index in [2.05, 4.69) is 32.6 Å². The zero-order valence-corrected chi connectivity index (χ0v) is 17.5. The Morgan fingerprint density at radius 1 is 1.29 bits per heavy atom. The fourth-order valence-electron chi connectivity index (χ4n) is 2.26. The molecule has 0 bridgehead atoms. The fraction of sp³-hybridized carbons (Fsp3) is 0.438. The number of pyridine rings is 1. The molecule has 2 rings (SSSR count). The minimum Gasteiger partial charge on any atom is -0.357 e. The zero-order chi connectivity index (χ0) is 16.8. The quantitative estimate of drug-likeness (QED) is 0.310. The van der Waals surface area contributed by atoms with Crippen molar-refractivity contribution in [1.29, 1.82) is 0 Å². The summed E-state index contributed by atoms with van der Waals surface area (Å²) in [6.45, 7) is 8.17. The molecule has 24 heavy (non-hydrogen) atoms. The Balaban J connectivity index is 0.00000288. The number of rotatable bonds is 5. The van der Waals surface area contributed by atoms with Gasteiger partial charge >= 0.3 is 0 Å². The zero-order valence-electron chi connectivity index (χ0n) is 14.4. The standard InChI is InChI=1S/C16H23ClN6.HI/c1-5-18-16(20-9-13-6-7-15(17)19-8-13)21-10-14-11(2)22-23(4)12(14)3;/h6-8H,5,9-10H2,1-4H3,(H2,18,20,21);1H. The molecular formula is C16H24ClIN6. The molecular weight excluding hydrogens is 439 g/mol. The number of nitrogens with one attached hydrogen (secondary N) is 2. The topological polar surface area (TPSA) is 67.1 Å². The van der Waals surface area contributed by atoms with Crippen molar-refractivity contribution >= 4 is 41.5 Å². The summed E-state index contributed by atoms with van der Waals surface area (Å²) in [6, 6.07) is 3.70. The van der Waals surface area contributed by atoms with Crippen molar-refractivity contribution in [1.82, 2.24) is 25.4 Å². The molecule has 2 aromatic heterocycles. The van der Waals surface area contributed by atoms with Crippen LogP contribution in [0.2, 0.25) is 5.15 Å². The van der Waals surface area contributed by atoms with Crippen LogP contribution in [0.5, 0.6) is 0 Å². The Bertz CT molecular complexity index is 681. The van der Waals surface area contributed by atoms with E-state index in [1.54, 1.807) is 12.3 Å². The lowest BCUT2D eigenvalue weighted by molar-refractivity contribution is 0.728. The molecule has 0 fully saturated rings. The van der Waals surface area contributed by atoms with E-state index in [1.165, 1.54) is 5.56 Å². The van der Waals surface area contributed by atoms with Gasteiger partial charge in [-0.05, 0) is 32.4 Å². The first-order valence-electron chi connectivity index (χ1n) is 7.63. The Kier molecular flexibility index (Phi) is 8.47. The molecule has 0 amide bonds.